The van der Waals surface area contributed by atoms with Gasteiger partial charge in [-0.15, -0.1) is 0 Å². The SMILES string of the molecule is CC(=O)N[C@H]1[C@H](O[C@H]2[C@@H](O)[C@@H](CO[C@@H]3O[C@H](CO)[C@@H](O)[C@H](O)[C@H]3NC(C)=O)O[C@@H](O[C@@H]([C@H](O)[C@H](C=O)NC(C)=O)[C@H](O)CO)[C@@H]2O)O[C@H](CO)[C@@H](O[C@@H]2O[C@H](CO[C@@H]3O[C@H](CO)[C@@H](O)[C@H](O)[C@H]3NC(C)=O)[C@H](O)[C@H](O[C@@H]3O[C@H](CO)[C@@H](O)[C@H](O)[C@H]3NC(C)=O)[C@H]2O)[C@@H]1O. The normalized spacial score (nSPS) is 42.7. The molecule has 0 aromatic heterocycles. The van der Waals surface area contributed by atoms with Crippen LogP contribution in [0, 0.1) is 0 Å². The van der Waals surface area contributed by atoms with Crippen molar-refractivity contribution in [3.8, 4) is 0 Å². The number of amides is 5. The Morgan fingerprint density at radius 3 is 1.10 bits per heavy atom. The highest BCUT2D eigenvalue weighted by Gasteiger charge is 2.58. The topological polar surface area (TPSA) is 637 Å². The first kappa shape index (κ1) is 77.8. The van der Waals surface area contributed by atoms with Crippen LogP contribution < -0.4 is 26.6 Å². The number of hydrogen-bond acceptors (Lipinski definition) is 36. The van der Waals surface area contributed by atoms with Gasteiger partial charge in [0.2, 0.25) is 29.5 Å². The van der Waals surface area contributed by atoms with Crippen LogP contribution in [-0.2, 0) is 85.6 Å². The third kappa shape index (κ3) is 18.7. The lowest BCUT2D eigenvalue weighted by atomic mass is 9.94. The number of carbonyl (C=O) groups is 6. The molecule has 6 rings (SSSR count). The number of aliphatic hydroxyl groups is 18. The number of nitrogens with one attached hydrogen (secondary N) is 5. The number of carbonyl (C=O) groups excluding carboxylic acids is 6. The number of rotatable bonds is 28. The van der Waals surface area contributed by atoms with E-state index in [9.17, 15) is 121 Å². The molecular weight excluding hydrogens is 1270 g/mol. The molecule has 0 aromatic rings. The quantitative estimate of drug-likeness (QED) is 0.0324. The molecule has 0 bridgehead atoms. The molecular formula is C52H87N5O36. The minimum absolute atomic E-state index is 0.0279. The molecule has 41 nitrogen and oxygen atoms in total. The third-order valence-electron chi connectivity index (χ3n) is 16.1. The van der Waals surface area contributed by atoms with Gasteiger partial charge >= 0.3 is 0 Å². The zero-order valence-corrected chi connectivity index (χ0v) is 50.6. The number of hydrogen-bond donors (Lipinski definition) is 23. The first-order valence-corrected chi connectivity index (χ1v) is 29.3. The molecule has 0 saturated carbocycles. The van der Waals surface area contributed by atoms with E-state index in [1.165, 1.54) is 0 Å². The summed E-state index contributed by atoms with van der Waals surface area (Å²) in [6, 6.07) is -8.81. The van der Waals surface area contributed by atoms with Gasteiger partial charge in [-0.25, -0.2) is 0 Å². The molecule has 0 radical (unpaired) electrons. The maximum atomic E-state index is 13.1. The van der Waals surface area contributed by atoms with Crippen LogP contribution in [0.4, 0.5) is 0 Å². The lowest BCUT2D eigenvalue weighted by Gasteiger charge is -2.50. The summed E-state index contributed by atoms with van der Waals surface area (Å²) in [5.74, 6) is -4.25. The average Bonchev–Trinajstić information content (AvgIpc) is 0.784. The van der Waals surface area contributed by atoms with Crippen molar-refractivity contribution in [2.75, 3.05) is 46.2 Å². The molecule has 0 aliphatic carbocycles. The molecule has 0 aromatic carbocycles. The fraction of sp³-hybridized carbons (Fsp3) is 0.885. The smallest absolute Gasteiger partial charge is 0.217 e. The minimum atomic E-state index is -2.43. The largest absolute Gasteiger partial charge is 0.394 e. The van der Waals surface area contributed by atoms with E-state index in [1.54, 1.807) is 0 Å². The summed E-state index contributed by atoms with van der Waals surface area (Å²) in [4.78, 5) is 74.0. The van der Waals surface area contributed by atoms with Crippen molar-refractivity contribution >= 4 is 35.8 Å². The van der Waals surface area contributed by atoms with Crippen molar-refractivity contribution in [3.63, 3.8) is 0 Å². The Labute approximate surface area is 528 Å². The Balaban J connectivity index is 1.35. The van der Waals surface area contributed by atoms with Crippen LogP contribution in [0.2, 0.25) is 0 Å². The van der Waals surface area contributed by atoms with E-state index >= 15 is 0 Å². The molecule has 93 heavy (non-hydrogen) atoms. The molecule has 536 valence electrons. The van der Waals surface area contributed by atoms with Gasteiger partial charge in [0.1, 0.15) is 177 Å². The monoisotopic (exact) mass is 1360 g/mol. The second-order valence-electron chi connectivity index (χ2n) is 23.0. The van der Waals surface area contributed by atoms with Crippen molar-refractivity contribution in [3.05, 3.63) is 0 Å². The zero-order chi connectivity index (χ0) is 69.2. The second-order valence-corrected chi connectivity index (χ2v) is 23.0. The fourth-order valence-corrected chi connectivity index (χ4v) is 11.3. The summed E-state index contributed by atoms with van der Waals surface area (Å²) >= 11 is 0. The van der Waals surface area contributed by atoms with Gasteiger partial charge in [-0.3, -0.25) is 24.0 Å². The number of aldehydes is 1. The fourth-order valence-electron chi connectivity index (χ4n) is 11.3. The van der Waals surface area contributed by atoms with Gasteiger partial charge in [0.15, 0.2) is 37.7 Å². The Kier molecular flexibility index (Phi) is 29.2. The maximum Gasteiger partial charge on any atom is 0.217 e. The maximum absolute atomic E-state index is 13.1. The Bertz CT molecular complexity index is 2420. The molecule has 6 fully saturated rings. The van der Waals surface area contributed by atoms with E-state index in [1.807, 2.05) is 0 Å². The number of ether oxygens (including phenoxy) is 12. The van der Waals surface area contributed by atoms with E-state index in [2.05, 4.69) is 26.6 Å². The standard InChI is InChI=1S/C52H87N5O36/c1-14(64)53-19(6-58)31(70)43(20(69)7-59)90-51-41(80)45(35(74)25(88-51)12-82-47-27(54-15(2)65)37(76)32(71)21(8-60)84-47)93-50-30(57-18(5)68)40(79)44(24(11-63)87-50)91-52-42(81)46(92-49-29(56-17(4)67)39(78)34(73)23(10-62)86-49)36(75)26(89-52)13-83-48-28(55-16(3)66)38(77)33(72)22(9-61)85-48/h6,19-52,59-63,69-81H,7-13H2,1-5H3,(H,53,64)(H,54,65)(H,55,66)(H,56,67)(H,57,68)/t19-,20+,21+,22+,23+,24+,25+,26+,27+,28+,29+,30+,31+,32+,33+,34+,35-,36-,37+,38+,39+,40+,41+,42+,43+,44+,45-,46-,47+,48+,49-,50-,51-,52-/m0/s1. The molecule has 34 atom stereocenters. The molecule has 0 unspecified atom stereocenters. The average molecular weight is 1360 g/mol. The Hall–Kier alpha value is -4.18. The summed E-state index contributed by atoms with van der Waals surface area (Å²) < 4.78 is 70.6. The lowest BCUT2D eigenvalue weighted by Crippen LogP contribution is -2.70. The van der Waals surface area contributed by atoms with E-state index in [0.717, 1.165) is 34.6 Å². The summed E-state index contributed by atoms with van der Waals surface area (Å²) in [7, 11) is 0. The van der Waals surface area contributed by atoms with Crippen molar-refractivity contribution in [1.29, 1.82) is 0 Å². The van der Waals surface area contributed by atoms with Gasteiger partial charge in [-0.05, 0) is 0 Å². The first-order chi connectivity index (χ1) is 43.9. The molecule has 0 spiro atoms. The van der Waals surface area contributed by atoms with Gasteiger partial charge in [0.25, 0.3) is 0 Å². The highest BCUT2D eigenvalue weighted by atomic mass is 16.8. The van der Waals surface area contributed by atoms with Crippen molar-refractivity contribution in [1.82, 2.24) is 26.6 Å². The van der Waals surface area contributed by atoms with E-state index < -0.39 is 284 Å². The van der Waals surface area contributed by atoms with Gasteiger partial charge in [0.05, 0.1) is 46.2 Å². The molecule has 6 aliphatic rings. The van der Waals surface area contributed by atoms with Crippen LogP contribution in [-0.4, -0.2) is 382 Å². The first-order valence-electron chi connectivity index (χ1n) is 29.3. The van der Waals surface area contributed by atoms with E-state index in [4.69, 9.17) is 56.8 Å². The van der Waals surface area contributed by atoms with Gasteiger partial charge in [0, 0.05) is 34.6 Å². The van der Waals surface area contributed by atoms with Crippen LogP contribution in [0.15, 0.2) is 0 Å². The minimum Gasteiger partial charge on any atom is -0.394 e. The molecule has 5 amide bonds. The highest BCUT2D eigenvalue weighted by Crippen LogP contribution is 2.37. The van der Waals surface area contributed by atoms with E-state index in [-0.39, 0.29) is 6.29 Å². The second kappa shape index (κ2) is 34.9. The molecule has 41 heteroatoms. The predicted octanol–water partition coefficient (Wildman–Crippen LogP) is -15.7. The lowest BCUT2D eigenvalue weighted by molar-refractivity contribution is -0.383. The Morgan fingerprint density at radius 1 is 0.398 bits per heavy atom. The van der Waals surface area contributed by atoms with Crippen molar-refractivity contribution < 1.29 is 178 Å². The molecule has 6 aliphatic heterocycles. The summed E-state index contributed by atoms with van der Waals surface area (Å²) in [5.41, 5.74) is 0. The summed E-state index contributed by atoms with van der Waals surface area (Å²) in [6.45, 7) is -2.22. The van der Waals surface area contributed by atoms with E-state index in [0.29, 0.717) is 0 Å². The molecule has 6 heterocycles. The van der Waals surface area contributed by atoms with Crippen LogP contribution in [0.25, 0.3) is 0 Å². The van der Waals surface area contributed by atoms with Crippen LogP contribution in [0.1, 0.15) is 34.6 Å². The van der Waals surface area contributed by atoms with Gasteiger partial charge in [-0.1, -0.05) is 0 Å². The van der Waals surface area contributed by atoms with Crippen LogP contribution in [0.3, 0.4) is 0 Å². The summed E-state index contributed by atoms with van der Waals surface area (Å²) in [6.07, 6.45) is -58.7. The number of aliphatic hydroxyl groups excluding tert-OH is 18. The van der Waals surface area contributed by atoms with Gasteiger partial charge < -0.3 is 180 Å². The van der Waals surface area contributed by atoms with Crippen molar-refractivity contribution in [2.45, 2.75) is 243 Å². The van der Waals surface area contributed by atoms with Gasteiger partial charge in [-0.2, -0.15) is 0 Å². The highest BCUT2D eigenvalue weighted by molar-refractivity contribution is 5.77. The molecule has 6 saturated heterocycles. The van der Waals surface area contributed by atoms with Crippen LogP contribution in [0.5, 0.6) is 0 Å². The molecule has 23 N–H and O–H groups in total. The Morgan fingerprint density at radius 2 is 0.731 bits per heavy atom. The third-order valence-corrected chi connectivity index (χ3v) is 16.1. The predicted molar refractivity (Wildman–Crippen MR) is 291 cm³/mol. The van der Waals surface area contributed by atoms with Crippen molar-refractivity contribution in [2.24, 2.45) is 0 Å². The zero-order valence-electron chi connectivity index (χ0n) is 50.6. The summed E-state index contributed by atoms with van der Waals surface area (Å²) in [5, 5.41) is 210. The van der Waals surface area contributed by atoms with Crippen LogP contribution >= 0.6 is 0 Å².